The molecule has 16 heavy (non-hydrogen) atoms. The molecule has 1 fully saturated rings. The zero-order valence-corrected chi connectivity index (χ0v) is 9.62. The highest BCUT2D eigenvalue weighted by Gasteiger charge is 2.18. The van der Waals surface area contributed by atoms with Crippen molar-refractivity contribution in [3.8, 4) is 23.3 Å². The van der Waals surface area contributed by atoms with Gasteiger partial charge in [0.1, 0.15) is 11.5 Å². The van der Waals surface area contributed by atoms with E-state index in [1.165, 1.54) is 12.8 Å². The lowest BCUT2D eigenvalue weighted by molar-refractivity contribution is 0.433. The van der Waals surface area contributed by atoms with Crippen molar-refractivity contribution in [3.63, 3.8) is 0 Å². The molecule has 1 aliphatic rings. The van der Waals surface area contributed by atoms with E-state index in [1.807, 2.05) is 13.8 Å². The van der Waals surface area contributed by atoms with Crippen LogP contribution in [0.5, 0.6) is 11.5 Å². The zero-order chi connectivity index (χ0) is 11.7. The van der Waals surface area contributed by atoms with Crippen molar-refractivity contribution in [2.45, 2.75) is 32.6 Å². The largest absolute Gasteiger partial charge is 0.507 e. The number of hydrogen-bond donors (Lipinski definition) is 2. The van der Waals surface area contributed by atoms with Crippen molar-refractivity contribution < 1.29 is 10.2 Å². The highest BCUT2D eigenvalue weighted by molar-refractivity contribution is 5.52. The standard InChI is InChI=1S/C14H16O2/c1-9(2)14-12(15)7-11(8-13(14)16)6-5-10-3-4-10/h7-10,15-16H,3-4H2,1-2H3. The summed E-state index contributed by atoms with van der Waals surface area (Å²) < 4.78 is 0. The molecule has 84 valence electrons. The fourth-order valence-electron chi connectivity index (χ4n) is 1.70. The summed E-state index contributed by atoms with van der Waals surface area (Å²) in [7, 11) is 0. The molecule has 0 saturated heterocycles. The van der Waals surface area contributed by atoms with Crippen molar-refractivity contribution in [2.24, 2.45) is 5.92 Å². The summed E-state index contributed by atoms with van der Waals surface area (Å²) in [5.41, 5.74) is 1.28. The lowest BCUT2D eigenvalue weighted by atomic mass is 9.99. The SMILES string of the molecule is CC(C)c1c(O)cc(C#CC2CC2)cc1O. The Balaban J connectivity index is 2.33. The fraction of sp³-hybridized carbons (Fsp3) is 0.429. The summed E-state index contributed by atoms with van der Waals surface area (Å²) in [6.45, 7) is 3.87. The number of phenols is 2. The lowest BCUT2D eigenvalue weighted by Gasteiger charge is -2.10. The van der Waals surface area contributed by atoms with E-state index in [0.717, 1.165) is 0 Å². The molecule has 1 aliphatic carbocycles. The minimum atomic E-state index is 0.102. The minimum Gasteiger partial charge on any atom is -0.507 e. The van der Waals surface area contributed by atoms with Crippen molar-refractivity contribution >= 4 is 0 Å². The van der Waals surface area contributed by atoms with Gasteiger partial charge in [0.15, 0.2) is 0 Å². The Morgan fingerprint density at radius 1 is 1.19 bits per heavy atom. The van der Waals surface area contributed by atoms with Gasteiger partial charge in [0.25, 0.3) is 0 Å². The summed E-state index contributed by atoms with van der Waals surface area (Å²) in [5.74, 6) is 6.98. The molecule has 1 aromatic carbocycles. The van der Waals surface area contributed by atoms with E-state index < -0.39 is 0 Å². The van der Waals surface area contributed by atoms with Gasteiger partial charge in [0.05, 0.1) is 0 Å². The topological polar surface area (TPSA) is 40.5 Å². The first-order valence-corrected chi connectivity index (χ1v) is 5.65. The normalized spacial score (nSPS) is 14.7. The Labute approximate surface area is 95.9 Å². The molecular weight excluding hydrogens is 200 g/mol. The molecule has 2 nitrogen and oxygen atoms in total. The molecule has 1 aromatic rings. The number of benzene rings is 1. The second kappa shape index (κ2) is 4.09. The molecule has 0 radical (unpaired) electrons. The van der Waals surface area contributed by atoms with Gasteiger partial charge < -0.3 is 10.2 Å². The van der Waals surface area contributed by atoms with Gasteiger partial charge in [0, 0.05) is 17.0 Å². The first-order valence-electron chi connectivity index (χ1n) is 5.65. The average molecular weight is 216 g/mol. The van der Waals surface area contributed by atoms with Gasteiger partial charge in [-0.3, -0.25) is 0 Å². The summed E-state index contributed by atoms with van der Waals surface area (Å²) in [5, 5.41) is 19.6. The Morgan fingerprint density at radius 2 is 1.75 bits per heavy atom. The summed E-state index contributed by atoms with van der Waals surface area (Å²) in [6, 6.07) is 3.26. The molecule has 2 N–H and O–H groups in total. The van der Waals surface area contributed by atoms with Gasteiger partial charge in [-0.25, -0.2) is 0 Å². The average Bonchev–Trinajstić information content (AvgIpc) is 2.96. The Kier molecular flexibility index (Phi) is 2.78. The van der Waals surface area contributed by atoms with E-state index in [4.69, 9.17) is 0 Å². The van der Waals surface area contributed by atoms with E-state index in [0.29, 0.717) is 17.0 Å². The van der Waals surface area contributed by atoms with Crippen molar-refractivity contribution in [1.82, 2.24) is 0 Å². The number of hydrogen-bond acceptors (Lipinski definition) is 2. The van der Waals surface area contributed by atoms with Crippen LogP contribution < -0.4 is 0 Å². The number of phenolic OH excluding ortho intramolecular Hbond substituents is 2. The quantitative estimate of drug-likeness (QED) is 0.708. The van der Waals surface area contributed by atoms with Crippen LogP contribution in [-0.4, -0.2) is 10.2 Å². The maximum atomic E-state index is 9.80. The summed E-state index contributed by atoms with van der Waals surface area (Å²) in [6.07, 6.45) is 2.35. The molecule has 0 unspecified atom stereocenters. The van der Waals surface area contributed by atoms with E-state index in [1.54, 1.807) is 12.1 Å². The molecule has 0 atom stereocenters. The predicted molar refractivity (Wildman–Crippen MR) is 63.5 cm³/mol. The fourth-order valence-corrected chi connectivity index (χ4v) is 1.70. The van der Waals surface area contributed by atoms with E-state index in [2.05, 4.69) is 11.8 Å². The molecule has 0 spiro atoms. The maximum absolute atomic E-state index is 9.80. The van der Waals surface area contributed by atoms with Crippen molar-refractivity contribution in [3.05, 3.63) is 23.3 Å². The van der Waals surface area contributed by atoms with Crippen LogP contribution in [0.15, 0.2) is 12.1 Å². The van der Waals surface area contributed by atoms with Gasteiger partial charge in [-0.15, -0.1) is 0 Å². The van der Waals surface area contributed by atoms with E-state index in [-0.39, 0.29) is 17.4 Å². The Morgan fingerprint density at radius 3 is 2.19 bits per heavy atom. The molecule has 0 bridgehead atoms. The highest BCUT2D eigenvalue weighted by atomic mass is 16.3. The number of aromatic hydroxyl groups is 2. The molecule has 0 aliphatic heterocycles. The zero-order valence-electron chi connectivity index (χ0n) is 9.62. The highest BCUT2D eigenvalue weighted by Crippen LogP contribution is 2.35. The van der Waals surface area contributed by atoms with Crippen molar-refractivity contribution in [1.29, 1.82) is 0 Å². The Bertz CT molecular complexity index is 436. The first kappa shape index (κ1) is 10.9. The maximum Gasteiger partial charge on any atom is 0.123 e. The van der Waals surface area contributed by atoms with Crippen molar-refractivity contribution in [2.75, 3.05) is 0 Å². The van der Waals surface area contributed by atoms with Crippen LogP contribution in [0.2, 0.25) is 0 Å². The molecule has 1 saturated carbocycles. The predicted octanol–water partition coefficient (Wildman–Crippen LogP) is 2.98. The van der Waals surface area contributed by atoms with Crippen LogP contribution in [0.1, 0.15) is 43.7 Å². The van der Waals surface area contributed by atoms with Gasteiger partial charge >= 0.3 is 0 Å². The van der Waals surface area contributed by atoms with E-state index >= 15 is 0 Å². The number of rotatable bonds is 1. The van der Waals surface area contributed by atoms with Gasteiger partial charge in [-0.1, -0.05) is 25.7 Å². The molecule has 0 heterocycles. The third-order valence-electron chi connectivity index (χ3n) is 2.71. The van der Waals surface area contributed by atoms with Gasteiger partial charge in [-0.05, 0) is 30.9 Å². The second-order valence-electron chi connectivity index (χ2n) is 4.63. The summed E-state index contributed by atoms with van der Waals surface area (Å²) >= 11 is 0. The van der Waals surface area contributed by atoms with Gasteiger partial charge in [0.2, 0.25) is 0 Å². The van der Waals surface area contributed by atoms with Gasteiger partial charge in [-0.2, -0.15) is 0 Å². The Hall–Kier alpha value is -1.62. The van der Waals surface area contributed by atoms with E-state index in [9.17, 15) is 10.2 Å². The molecule has 0 aromatic heterocycles. The van der Waals surface area contributed by atoms with Crippen LogP contribution in [0, 0.1) is 17.8 Å². The van der Waals surface area contributed by atoms with Crippen LogP contribution >= 0.6 is 0 Å². The first-order chi connectivity index (χ1) is 7.58. The monoisotopic (exact) mass is 216 g/mol. The third kappa shape index (κ3) is 2.30. The lowest BCUT2D eigenvalue weighted by Crippen LogP contribution is -1.90. The smallest absolute Gasteiger partial charge is 0.123 e. The van der Waals surface area contributed by atoms with Crippen LogP contribution in [-0.2, 0) is 0 Å². The molecule has 2 heteroatoms. The molecule has 0 amide bonds. The molecule has 2 rings (SSSR count). The minimum absolute atomic E-state index is 0.102. The van der Waals surface area contributed by atoms with Crippen LogP contribution in [0.3, 0.4) is 0 Å². The van der Waals surface area contributed by atoms with Crippen LogP contribution in [0.4, 0.5) is 0 Å². The second-order valence-corrected chi connectivity index (χ2v) is 4.63. The van der Waals surface area contributed by atoms with Crippen LogP contribution in [0.25, 0.3) is 0 Å². The summed E-state index contributed by atoms with van der Waals surface area (Å²) in [4.78, 5) is 0. The molecular formula is C14H16O2. The third-order valence-corrected chi connectivity index (χ3v) is 2.71.